The Hall–Kier alpha value is -1.94. The van der Waals surface area contributed by atoms with Crippen molar-refractivity contribution >= 4 is 0 Å². The molecule has 0 fully saturated rings. The molecule has 4 nitrogen and oxygen atoms in total. The largest absolute Gasteiger partial charge is 0.490 e. The van der Waals surface area contributed by atoms with E-state index in [1.165, 1.54) is 0 Å². The lowest BCUT2D eigenvalue weighted by Crippen LogP contribution is -2.03. The highest BCUT2D eigenvalue weighted by atomic mass is 16.5. The molecular weight excluding hydrogens is 242 g/mol. The zero-order chi connectivity index (χ0) is 13.5. The van der Waals surface area contributed by atoms with Crippen LogP contribution in [-0.4, -0.2) is 6.61 Å². The standard InChI is InChI=1S/C15H19NO3/c1-2-8-17-13-5-3-4-6-14(13)19-11-12-7-9-18-15(12)10-16/h3-7,9H,2,8,10-11,16H2,1H3. The molecule has 4 heteroatoms. The molecule has 1 aromatic carbocycles. The quantitative estimate of drug-likeness (QED) is 0.832. The van der Waals surface area contributed by atoms with Gasteiger partial charge in [0.05, 0.1) is 19.4 Å². The number of benzene rings is 1. The van der Waals surface area contributed by atoms with Gasteiger partial charge in [0.1, 0.15) is 12.4 Å². The lowest BCUT2D eigenvalue weighted by atomic mass is 10.2. The van der Waals surface area contributed by atoms with E-state index in [0.717, 1.165) is 29.2 Å². The molecule has 0 saturated carbocycles. The van der Waals surface area contributed by atoms with Gasteiger partial charge in [-0.3, -0.25) is 0 Å². The fourth-order valence-electron chi connectivity index (χ4n) is 1.73. The van der Waals surface area contributed by atoms with E-state index in [1.54, 1.807) is 6.26 Å². The van der Waals surface area contributed by atoms with Crippen LogP contribution in [0.25, 0.3) is 0 Å². The van der Waals surface area contributed by atoms with Gasteiger partial charge in [0, 0.05) is 5.56 Å². The fraction of sp³-hybridized carbons (Fsp3) is 0.333. The number of ether oxygens (including phenoxy) is 2. The zero-order valence-corrected chi connectivity index (χ0v) is 11.1. The first-order chi connectivity index (χ1) is 9.35. The Balaban J connectivity index is 2.02. The smallest absolute Gasteiger partial charge is 0.161 e. The topological polar surface area (TPSA) is 57.6 Å². The van der Waals surface area contributed by atoms with E-state index < -0.39 is 0 Å². The van der Waals surface area contributed by atoms with Gasteiger partial charge in [-0.25, -0.2) is 0 Å². The minimum Gasteiger partial charge on any atom is -0.490 e. The van der Waals surface area contributed by atoms with Crippen LogP contribution in [0, 0.1) is 0 Å². The van der Waals surface area contributed by atoms with Gasteiger partial charge in [0.2, 0.25) is 0 Å². The predicted molar refractivity (Wildman–Crippen MR) is 73.2 cm³/mol. The Morgan fingerprint density at radius 1 is 1.11 bits per heavy atom. The second-order valence-corrected chi connectivity index (χ2v) is 4.16. The van der Waals surface area contributed by atoms with Crippen LogP contribution in [0.15, 0.2) is 41.0 Å². The van der Waals surface area contributed by atoms with Crippen LogP contribution in [0.1, 0.15) is 24.7 Å². The SMILES string of the molecule is CCCOc1ccccc1OCc1ccoc1CN. The molecule has 2 N–H and O–H groups in total. The summed E-state index contributed by atoms with van der Waals surface area (Å²) in [6, 6.07) is 9.53. The van der Waals surface area contributed by atoms with Gasteiger partial charge >= 0.3 is 0 Å². The fourth-order valence-corrected chi connectivity index (χ4v) is 1.73. The summed E-state index contributed by atoms with van der Waals surface area (Å²) in [6.07, 6.45) is 2.59. The number of hydrogen-bond acceptors (Lipinski definition) is 4. The van der Waals surface area contributed by atoms with Crippen molar-refractivity contribution in [2.75, 3.05) is 6.61 Å². The minimum absolute atomic E-state index is 0.375. The van der Waals surface area contributed by atoms with Crippen LogP contribution in [0.3, 0.4) is 0 Å². The maximum absolute atomic E-state index is 5.78. The highest BCUT2D eigenvalue weighted by Gasteiger charge is 2.08. The maximum atomic E-state index is 5.78. The Morgan fingerprint density at radius 2 is 1.84 bits per heavy atom. The van der Waals surface area contributed by atoms with Crippen molar-refractivity contribution in [3.8, 4) is 11.5 Å². The highest BCUT2D eigenvalue weighted by Crippen LogP contribution is 2.27. The van der Waals surface area contributed by atoms with Gasteiger partial charge < -0.3 is 19.6 Å². The molecule has 102 valence electrons. The molecule has 2 rings (SSSR count). The number of rotatable bonds is 7. The number of furan rings is 1. The molecule has 0 aliphatic heterocycles. The van der Waals surface area contributed by atoms with E-state index >= 15 is 0 Å². The second-order valence-electron chi connectivity index (χ2n) is 4.16. The summed E-state index contributed by atoms with van der Waals surface area (Å²) >= 11 is 0. The molecule has 0 amide bonds. The van der Waals surface area contributed by atoms with Crippen LogP contribution in [0.4, 0.5) is 0 Å². The number of para-hydroxylation sites is 2. The molecule has 0 radical (unpaired) electrons. The van der Waals surface area contributed by atoms with Gasteiger partial charge in [-0.05, 0) is 24.6 Å². The third-order valence-corrected chi connectivity index (χ3v) is 2.72. The molecule has 19 heavy (non-hydrogen) atoms. The first kappa shape index (κ1) is 13.5. The van der Waals surface area contributed by atoms with Crippen molar-refractivity contribution in [3.63, 3.8) is 0 Å². The summed E-state index contributed by atoms with van der Waals surface area (Å²) in [5.41, 5.74) is 6.55. The van der Waals surface area contributed by atoms with Gasteiger partial charge in [0.15, 0.2) is 11.5 Å². The Morgan fingerprint density at radius 3 is 2.53 bits per heavy atom. The lowest BCUT2D eigenvalue weighted by Gasteiger charge is -2.11. The summed E-state index contributed by atoms with van der Waals surface area (Å²) in [4.78, 5) is 0. The molecule has 0 unspecified atom stereocenters. The predicted octanol–water partition coefficient (Wildman–Crippen LogP) is 3.11. The first-order valence-corrected chi connectivity index (χ1v) is 6.45. The summed E-state index contributed by atoms with van der Waals surface area (Å²) in [5, 5.41) is 0. The van der Waals surface area contributed by atoms with Gasteiger partial charge in [0.25, 0.3) is 0 Å². The van der Waals surface area contributed by atoms with Crippen molar-refractivity contribution in [1.29, 1.82) is 0 Å². The van der Waals surface area contributed by atoms with E-state index in [1.807, 2.05) is 30.3 Å². The van der Waals surface area contributed by atoms with Crippen LogP contribution in [-0.2, 0) is 13.2 Å². The Kier molecular flexibility index (Phi) is 4.86. The van der Waals surface area contributed by atoms with Crippen molar-refractivity contribution < 1.29 is 13.9 Å². The Labute approximate surface area is 113 Å². The highest BCUT2D eigenvalue weighted by molar-refractivity contribution is 5.39. The first-order valence-electron chi connectivity index (χ1n) is 6.45. The van der Waals surface area contributed by atoms with E-state index in [-0.39, 0.29) is 0 Å². The second kappa shape index (κ2) is 6.85. The van der Waals surface area contributed by atoms with Crippen molar-refractivity contribution in [2.45, 2.75) is 26.5 Å². The third-order valence-electron chi connectivity index (χ3n) is 2.72. The molecule has 1 aromatic heterocycles. The van der Waals surface area contributed by atoms with Crippen molar-refractivity contribution in [3.05, 3.63) is 47.9 Å². The van der Waals surface area contributed by atoms with Crippen LogP contribution in [0.2, 0.25) is 0 Å². The van der Waals surface area contributed by atoms with Crippen LogP contribution >= 0.6 is 0 Å². The Bertz CT molecular complexity index is 508. The van der Waals surface area contributed by atoms with E-state index in [9.17, 15) is 0 Å². The molecule has 0 atom stereocenters. The van der Waals surface area contributed by atoms with Crippen LogP contribution < -0.4 is 15.2 Å². The molecule has 0 aliphatic carbocycles. The molecule has 0 saturated heterocycles. The molecule has 2 aromatic rings. The minimum atomic E-state index is 0.375. The zero-order valence-electron chi connectivity index (χ0n) is 11.1. The third kappa shape index (κ3) is 3.51. The average molecular weight is 261 g/mol. The normalized spacial score (nSPS) is 10.4. The molecule has 0 spiro atoms. The summed E-state index contributed by atoms with van der Waals surface area (Å²) < 4.78 is 16.7. The number of hydrogen-bond donors (Lipinski definition) is 1. The number of nitrogens with two attached hydrogens (primary N) is 1. The molecular formula is C15H19NO3. The van der Waals surface area contributed by atoms with Crippen molar-refractivity contribution in [1.82, 2.24) is 0 Å². The van der Waals surface area contributed by atoms with Crippen molar-refractivity contribution in [2.24, 2.45) is 5.73 Å². The summed E-state index contributed by atoms with van der Waals surface area (Å²) in [5.74, 6) is 2.26. The maximum Gasteiger partial charge on any atom is 0.161 e. The summed E-state index contributed by atoms with van der Waals surface area (Å²) in [6.45, 7) is 3.55. The van der Waals surface area contributed by atoms with Gasteiger partial charge in [-0.15, -0.1) is 0 Å². The van der Waals surface area contributed by atoms with Gasteiger partial charge in [-0.1, -0.05) is 19.1 Å². The molecule has 1 heterocycles. The van der Waals surface area contributed by atoms with E-state index in [0.29, 0.717) is 19.8 Å². The van der Waals surface area contributed by atoms with Crippen LogP contribution in [0.5, 0.6) is 11.5 Å². The monoisotopic (exact) mass is 261 g/mol. The average Bonchev–Trinajstić information content (AvgIpc) is 2.91. The van der Waals surface area contributed by atoms with E-state index in [2.05, 4.69) is 6.92 Å². The van der Waals surface area contributed by atoms with Gasteiger partial charge in [-0.2, -0.15) is 0 Å². The lowest BCUT2D eigenvalue weighted by molar-refractivity contribution is 0.260. The summed E-state index contributed by atoms with van der Waals surface area (Å²) in [7, 11) is 0. The molecule has 0 aliphatic rings. The van der Waals surface area contributed by atoms with E-state index in [4.69, 9.17) is 19.6 Å². The molecule has 0 bridgehead atoms.